The van der Waals surface area contributed by atoms with Gasteiger partial charge in [-0.3, -0.25) is 0 Å². The van der Waals surface area contributed by atoms with Crippen LogP contribution in [0.3, 0.4) is 0 Å². The van der Waals surface area contributed by atoms with Gasteiger partial charge in [0.25, 0.3) is 0 Å². The largest absolute Gasteiger partial charge is 0.529 e. The smallest absolute Gasteiger partial charge is 0.146 e. The molecule has 0 aliphatic heterocycles. The molecule has 0 bridgehead atoms. The van der Waals surface area contributed by atoms with Gasteiger partial charge in [0.1, 0.15) is 6.09 Å². The third-order valence-electron chi connectivity index (χ3n) is 2.09. The summed E-state index contributed by atoms with van der Waals surface area (Å²) >= 11 is 5.80. The van der Waals surface area contributed by atoms with E-state index in [2.05, 4.69) is 0 Å². The highest BCUT2D eigenvalue weighted by atomic mass is 35.5. The van der Waals surface area contributed by atoms with Crippen LogP contribution < -0.4 is 10.0 Å². The van der Waals surface area contributed by atoms with Crippen molar-refractivity contribution in [2.75, 3.05) is 11.5 Å². The fourth-order valence-electron chi connectivity index (χ4n) is 1.33. The van der Waals surface area contributed by atoms with E-state index in [1.165, 1.54) is 12.5 Å². The third kappa shape index (κ3) is 3.67. The van der Waals surface area contributed by atoms with Crippen molar-refractivity contribution in [3.63, 3.8) is 0 Å². The molecular weight excluding hydrogens is 242 g/mol. The molecule has 5 heteroatoms. The molecule has 0 unspecified atom stereocenters. The summed E-state index contributed by atoms with van der Waals surface area (Å²) in [4.78, 5) is 12.0. The van der Waals surface area contributed by atoms with Crippen LogP contribution in [0.5, 0.6) is 0 Å². The van der Waals surface area contributed by atoms with Crippen molar-refractivity contribution in [1.82, 2.24) is 0 Å². The number of aryl methyl sites for hydroxylation is 1. The Labute approximate surface area is 105 Å². The molecule has 0 atom stereocenters. The fourth-order valence-corrected chi connectivity index (χ4v) is 1.56. The number of ether oxygens (including phenoxy) is 1. The van der Waals surface area contributed by atoms with E-state index in [4.69, 9.17) is 16.3 Å². The zero-order valence-corrected chi connectivity index (χ0v) is 10.4. The van der Waals surface area contributed by atoms with Crippen LogP contribution in [0, 0.1) is 6.92 Å². The Morgan fingerprint density at radius 3 is 2.82 bits per heavy atom. The number of amides is 1. The molecule has 17 heavy (non-hydrogen) atoms. The number of halogens is 1. The van der Waals surface area contributed by atoms with Crippen LogP contribution in [0.4, 0.5) is 10.5 Å². The second-order valence-corrected chi connectivity index (χ2v) is 3.74. The SMILES string of the molecule is CCO/C=C/N(C(=O)[O-])c1ccc(Cl)cc1C. The monoisotopic (exact) mass is 254 g/mol. The zero-order chi connectivity index (χ0) is 12.8. The van der Waals surface area contributed by atoms with Crippen molar-refractivity contribution in [2.45, 2.75) is 13.8 Å². The number of carboxylic acid groups (broad SMARTS) is 1. The molecule has 1 aromatic carbocycles. The van der Waals surface area contributed by atoms with Crippen LogP contribution in [0.15, 0.2) is 30.7 Å². The van der Waals surface area contributed by atoms with Crippen LogP contribution in [0.25, 0.3) is 0 Å². The molecule has 1 amide bonds. The van der Waals surface area contributed by atoms with Gasteiger partial charge in [0.15, 0.2) is 0 Å². The molecule has 4 nitrogen and oxygen atoms in total. The molecule has 0 fully saturated rings. The highest BCUT2D eigenvalue weighted by molar-refractivity contribution is 6.30. The minimum absolute atomic E-state index is 0.469. The number of nitrogens with zero attached hydrogens (tertiary/aromatic N) is 1. The number of benzene rings is 1. The van der Waals surface area contributed by atoms with E-state index < -0.39 is 6.09 Å². The van der Waals surface area contributed by atoms with Crippen LogP contribution >= 0.6 is 11.6 Å². The third-order valence-corrected chi connectivity index (χ3v) is 2.32. The maximum absolute atomic E-state index is 11.0. The van der Waals surface area contributed by atoms with E-state index in [-0.39, 0.29) is 0 Å². The number of anilines is 1. The second kappa shape index (κ2) is 6.15. The summed E-state index contributed by atoms with van der Waals surface area (Å²) in [5.41, 5.74) is 1.23. The number of hydrogen-bond acceptors (Lipinski definition) is 3. The molecule has 0 heterocycles. The lowest BCUT2D eigenvalue weighted by Crippen LogP contribution is -2.38. The van der Waals surface area contributed by atoms with Crippen molar-refractivity contribution < 1.29 is 14.6 Å². The van der Waals surface area contributed by atoms with Gasteiger partial charge in [0.2, 0.25) is 0 Å². The molecule has 0 radical (unpaired) electrons. The van der Waals surface area contributed by atoms with E-state index >= 15 is 0 Å². The van der Waals surface area contributed by atoms with Gasteiger partial charge in [-0.25, -0.2) is 0 Å². The van der Waals surface area contributed by atoms with Crippen LogP contribution in [-0.4, -0.2) is 12.7 Å². The van der Waals surface area contributed by atoms with E-state index in [9.17, 15) is 9.90 Å². The van der Waals surface area contributed by atoms with Crippen LogP contribution in [0.1, 0.15) is 12.5 Å². The minimum atomic E-state index is -1.33. The summed E-state index contributed by atoms with van der Waals surface area (Å²) < 4.78 is 4.96. The highest BCUT2D eigenvalue weighted by Crippen LogP contribution is 2.23. The van der Waals surface area contributed by atoms with Gasteiger partial charge < -0.3 is 19.5 Å². The summed E-state index contributed by atoms with van der Waals surface area (Å²) in [5.74, 6) is 0. The maximum atomic E-state index is 11.0. The van der Waals surface area contributed by atoms with E-state index in [0.717, 1.165) is 10.5 Å². The molecule has 1 rings (SSSR count). The molecule has 0 aromatic heterocycles. The van der Waals surface area contributed by atoms with Crippen molar-refractivity contribution in [1.29, 1.82) is 0 Å². The summed E-state index contributed by atoms with van der Waals surface area (Å²) in [7, 11) is 0. The standard InChI is InChI=1S/C12H14ClNO3/c1-3-17-7-6-14(12(15)16)11-5-4-10(13)8-9(11)2/h4-8H,3H2,1-2H3,(H,15,16)/p-1/b7-6+. The molecular formula is C12H13ClNO3-. The van der Waals surface area contributed by atoms with Gasteiger partial charge in [-0.1, -0.05) is 11.6 Å². The van der Waals surface area contributed by atoms with Crippen molar-refractivity contribution in [2.24, 2.45) is 0 Å². The molecule has 92 valence electrons. The molecule has 0 spiro atoms. The van der Waals surface area contributed by atoms with Crippen molar-refractivity contribution in [3.05, 3.63) is 41.2 Å². The first-order valence-corrected chi connectivity index (χ1v) is 5.48. The topological polar surface area (TPSA) is 52.6 Å². The normalized spacial score (nSPS) is 10.5. The van der Waals surface area contributed by atoms with Gasteiger partial charge in [-0.2, -0.15) is 0 Å². The maximum Gasteiger partial charge on any atom is 0.146 e. The summed E-state index contributed by atoms with van der Waals surface area (Å²) in [6.45, 7) is 4.05. The summed E-state index contributed by atoms with van der Waals surface area (Å²) in [5, 5.41) is 11.6. The first-order chi connectivity index (χ1) is 8.06. The Morgan fingerprint density at radius 2 is 2.29 bits per heavy atom. The average Bonchev–Trinajstić information content (AvgIpc) is 2.25. The first kappa shape index (κ1) is 13.4. The number of hydrogen-bond donors (Lipinski definition) is 0. The zero-order valence-electron chi connectivity index (χ0n) is 9.64. The Hall–Kier alpha value is -1.68. The number of carbonyl (C=O) groups is 1. The van der Waals surface area contributed by atoms with Gasteiger partial charge in [0.05, 0.1) is 12.9 Å². The quantitative estimate of drug-likeness (QED) is 0.775. The predicted octanol–water partition coefficient (Wildman–Crippen LogP) is 2.31. The summed E-state index contributed by atoms with van der Waals surface area (Å²) in [6, 6.07) is 4.92. The second-order valence-electron chi connectivity index (χ2n) is 3.31. The van der Waals surface area contributed by atoms with Crippen molar-refractivity contribution >= 4 is 23.4 Å². The average molecular weight is 255 g/mol. The molecule has 0 aliphatic carbocycles. The van der Waals surface area contributed by atoms with Crippen LogP contribution in [0.2, 0.25) is 5.02 Å². The lowest BCUT2D eigenvalue weighted by molar-refractivity contribution is -0.245. The Kier molecular flexibility index (Phi) is 4.84. The molecule has 0 saturated carbocycles. The first-order valence-electron chi connectivity index (χ1n) is 5.11. The highest BCUT2D eigenvalue weighted by Gasteiger charge is 2.07. The van der Waals surface area contributed by atoms with Gasteiger partial charge in [0, 0.05) is 16.9 Å². The lowest BCUT2D eigenvalue weighted by Gasteiger charge is -2.22. The van der Waals surface area contributed by atoms with E-state index in [0.29, 0.717) is 17.3 Å². The van der Waals surface area contributed by atoms with Gasteiger partial charge >= 0.3 is 0 Å². The number of carbonyl (C=O) groups excluding carboxylic acids is 1. The lowest BCUT2D eigenvalue weighted by atomic mass is 10.2. The van der Waals surface area contributed by atoms with E-state index in [1.807, 2.05) is 0 Å². The number of rotatable bonds is 4. The Bertz CT molecular complexity index is 432. The Morgan fingerprint density at radius 1 is 1.59 bits per heavy atom. The van der Waals surface area contributed by atoms with Gasteiger partial charge in [-0.15, -0.1) is 0 Å². The molecule has 0 aliphatic rings. The predicted molar refractivity (Wildman–Crippen MR) is 64.8 cm³/mol. The molecule has 1 aromatic rings. The summed E-state index contributed by atoms with van der Waals surface area (Å²) in [6.07, 6.45) is 1.28. The molecule has 0 N–H and O–H groups in total. The fraction of sp³-hybridized carbons (Fsp3) is 0.250. The van der Waals surface area contributed by atoms with E-state index in [1.54, 1.807) is 32.0 Å². The van der Waals surface area contributed by atoms with Gasteiger partial charge in [-0.05, 0) is 37.6 Å². The van der Waals surface area contributed by atoms with Crippen LogP contribution in [-0.2, 0) is 4.74 Å². The minimum Gasteiger partial charge on any atom is -0.529 e. The Balaban J connectivity index is 3.01. The molecule has 0 saturated heterocycles. The van der Waals surface area contributed by atoms with Crippen molar-refractivity contribution in [3.8, 4) is 0 Å².